The third-order valence-electron chi connectivity index (χ3n) is 11.0. The quantitative estimate of drug-likeness (QED) is 0.0345. The van der Waals surface area contributed by atoms with Gasteiger partial charge in [-0.3, -0.25) is 9.59 Å². The summed E-state index contributed by atoms with van der Waals surface area (Å²) in [4.78, 5) is 25.5. The molecular formula is C65H102O5. The highest BCUT2D eigenvalue weighted by atomic mass is 16.6. The van der Waals surface area contributed by atoms with Crippen LogP contribution >= 0.6 is 0 Å². The van der Waals surface area contributed by atoms with Gasteiger partial charge in [0.25, 0.3) is 0 Å². The van der Waals surface area contributed by atoms with Crippen molar-refractivity contribution < 1.29 is 23.8 Å². The fourth-order valence-corrected chi connectivity index (χ4v) is 6.99. The largest absolute Gasteiger partial charge is 0.462 e. The summed E-state index contributed by atoms with van der Waals surface area (Å²) >= 11 is 0. The maximum absolute atomic E-state index is 12.8. The molecule has 0 rings (SSSR count). The van der Waals surface area contributed by atoms with E-state index in [1.165, 1.54) is 32.1 Å². The van der Waals surface area contributed by atoms with Crippen LogP contribution in [0.25, 0.3) is 0 Å². The standard InChI is InChI=1S/C65H102O5/c1-4-7-10-13-16-19-22-25-28-30-32-34-36-39-42-45-48-51-54-57-60-68-61-63(70-65(67)59-56-53-50-47-44-41-37-27-24-21-18-15-12-9-6-3)62-69-64(66)58-55-52-49-46-43-40-38-35-33-31-29-26-23-20-17-14-11-8-5-2/h7-12,16-21,25-29,32-35,37,40,43-44,47,63H,4-6,13-15,22-24,30-31,36,38-39,41-42,45-46,48-62H2,1-3H3/b10-7-,11-8-,12-9-,19-16-,20-17-,21-18-,28-25-,29-26-,34-32-,35-33-,37-27-,43-40-,47-44-. The van der Waals surface area contributed by atoms with Crippen LogP contribution < -0.4 is 0 Å². The van der Waals surface area contributed by atoms with Crippen molar-refractivity contribution in [2.45, 2.75) is 219 Å². The highest BCUT2D eigenvalue weighted by molar-refractivity contribution is 5.70. The first-order chi connectivity index (χ1) is 34.6. The number of ether oxygens (including phenoxy) is 3. The van der Waals surface area contributed by atoms with Gasteiger partial charge in [-0.05, 0) is 141 Å². The van der Waals surface area contributed by atoms with E-state index in [-0.39, 0.29) is 25.2 Å². The molecule has 0 aliphatic rings. The molecule has 0 bridgehead atoms. The number of rotatable bonds is 49. The van der Waals surface area contributed by atoms with Crippen LogP contribution in [0, 0.1) is 0 Å². The summed E-state index contributed by atoms with van der Waals surface area (Å²) in [5, 5.41) is 0. The molecule has 0 aromatic heterocycles. The van der Waals surface area contributed by atoms with Crippen molar-refractivity contribution in [1.29, 1.82) is 0 Å². The summed E-state index contributed by atoms with van der Waals surface area (Å²) in [5.74, 6) is -0.501. The molecule has 0 aromatic rings. The Morgan fingerprint density at radius 1 is 0.314 bits per heavy atom. The molecule has 70 heavy (non-hydrogen) atoms. The average Bonchev–Trinajstić information content (AvgIpc) is 3.36. The second-order valence-corrected chi connectivity index (χ2v) is 17.7. The van der Waals surface area contributed by atoms with Crippen molar-refractivity contribution in [3.63, 3.8) is 0 Å². The number of hydrogen-bond acceptors (Lipinski definition) is 5. The lowest BCUT2D eigenvalue weighted by Gasteiger charge is -2.18. The van der Waals surface area contributed by atoms with Gasteiger partial charge in [0.2, 0.25) is 0 Å². The summed E-state index contributed by atoms with van der Waals surface area (Å²) < 4.78 is 17.4. The normalized spacial score (nSPS) is 13.5. The first-order valence-corrected chi connectivity index (χ1v) is 28.0. The van der Waals surface area contributed by atoms with Gasteiger partial charge >= 0.3 is 11.9 Å². The van der Waals surface area contributed by atoms with Crippen LogP contribution in [0.15, 0.2) is 158 Å². The summed E-state index contributed by atoms with van der Waals surface area (Å²) in [5.41, 5.74) is 0. The molecule has 1 atom stereocenters. The molecule has 392 valence electrons. The Bertz CT molecular complexity index is 1560. The zero-order valence-corrected chi connectivity index (χ0v) is 45.0. The minimum Gasteiger partial charge on any atom is -0.462 e. The number of carbonyl (C=O) groups excluding carboxylic acids is 2. The Kier molecular flexibility index (Phi) is 55.1. The van der Waals surface area contributed by atoms with Gasteiger partial charge in [-0.2, -0.15) is 0 Å². The molecule has 0 radical (unpaired) electrons. The Morgan fingerprint density at radius 3 is 0.986 bits per heavy atom. The summed E-state index contributed by atoms with van der Waals surface area (Å²) in [6.45, 7) is 7.36. The van der Waals surface area contributed by atoms with E-state index in [4.69, 9.17) is 14.2 Å². The predicted octanol–water partition coefficient (Wildman–Crippen LogP) is 19.5. The van der Waals surface area contributed by atoms with Crippen LogP contribution in [0.3, 0.4) is 0 Å². The Labute approximate surface area is 431 Å². The predicted molar refractivity (Wildman–Crippen MR) is 306 cm³/mol. The van der Waals surface area contributed by atoms with E-state index in [0.29, 0.717) is 19.4 Å². The molecule has 0 amide bonds. The molecule has 0 aliphatic heterocycles. The lowest BCUT2D eigenvalue weighted by Crippen LogP contribution is -2.30. The van der Waals surface area contributed by atoms with Crippen LogP contribution in [0.4, 0.5) is 0 Å². The van der Waals surface area contributed by atoms with Crippen LogP contribution in [-0.4, -0.2) is 37.9 Å². The van der Waals surface area contributed by atoms with E-state index in [1.807, 2.05) is 0 Å². The Hall–Kier alpha value is -4.48. The van der Waals surface area contributed by atoms with E-state index in [0.717, 1.165) is 148 Å². The molecule has 0 N–H and O–H groups in total. The molecule has 0 heterocycles. The van der Waals surface area contributed by atoms with Crippen molar-refractivity contribution in [3.05, 3.63) is 158 Å². The van der Waals surface area contributed by atoms with Crippen LogP contribution in [0.2, 0.25) is 0 Å². The van der Waals surface area contributed by atoms with Crippen LogP contribution in [-0.2, 0) is 23.8 Å². The smallest absolute Gasteiger partial charge is 0.306 e. The Morgan fingerprint density at radius 2 is 0.600 bits per heavy atom. The van der Waals surface area contributed by atoms with Crippen molar-refractivity contribution in [3.8, 4) is 0 Å². The van der Waals surface area contributed by atoms with E-state index in [9.17, 15) is 9.59 Å². The SMILES string of the molecule is CC/C=C\C/C=C\C/C=C\C/C=C\C/C=C\CCCCCC(=O)OCC(COCCCCCCCCC/C=C\C/C=C\C/C=C\C/C=C\CC)OC(=O)CCCC/C=C\C/C=C\C/C=C\C/C=C\CC. The second-order valence-electron chi connectivity index (χ2n) is 17.7. The molecular weight excluding hydrogens is 861 g/mol. The van der Waals surface area contributed by atoms with Crippen LogP contribution in [0.1, 0.15) is 213 Å². The van der Waals surface area contributed by atoms with Crippen molar-refractivity contribution in [2.24, 2.45) is 0 Å². The Balaban J connectivity index is 4.45. The molecule has 0 saturated heterocycles. The van der Waals surface area contributed by atoms with Gasteiger partial charge in [-0.25, -0.2) is 0 Å². The molecule has 0 fully saturated rings. The zero-order valence-electron chi connectivity index (χ0n) is 45.0. The molecule has 0 aromatic carbocycles. The highest BCUT2D eigenvalue weighted by Gasteiger charge is 2.17. The lowest BCUT2D eigenvalue weighted by atomic mass is 10.1. The summed E-state index contributed by atoms with van der Waals surface area (Å²) in [7, 11) is 0. The van der Waals surface area contributed by atoms with Crippen molar-refractivity contribution in [1.82, 2.24) is 0 Å². The average molecular weight is 964 g/mol. The second kappa shape index (κ2) is 58.8. The minimum absolute atomic E-state index is 0.0352. The molecule has 0 spiro atoms. The number of unbranched alkanes of at least 4 members (excludes halogenated alkanes) is 12. The number of esters is 2. The van der Waals surface area contributed by atoms with E-state index >= 15 is 0 Å². The van der Waals surface area contributed by atoms with Gasteiger partial charge in [-0.1, -0.05) is 217 Å². The van der Waals surface area contributed by atoms with Gasteiger partial charge in [0.05, 0.1) is 6.61 Å². The number of carbonyl (C=O) groups is 2. The van der Waals surface area contributed by atoms with Gasteiger partial charge in [-0.15, -0.1) is 0 Å². The summed E-state index contributed by atoms with van der Waals surface area (Å²) in [6.07, 6.45) is 86.9. The van der Waals surface area contributed by atoms with Gasteiger partial charge in [0, 0.05) is 19.4 Å². The first-order valence-electron chi connectivity index (χ1n) is 28.0. The van der Waals surface area contributed by atoms with Crippen molar-refractivity contribution in [2.75, 3.05) is 19.8 Å². The van der Waals surface area contributed by atoms with Gasteiger partial charge in [0.15, 0.2) is 6.10 Å². The molecule has 5 nitrogen and oxygen atoms in total. The molecule has 0 saturated carbocycles. The fourth-order valence-electron chi connectivity index (χ4n) is 6.99. The van der Waals surface area contributed by atoms with E-state index in [1.54, 1.807) is 0 Å². The molecule has 5 heteroatoms. The van der Waals surface area contributed by atoms with E-state index < -0.39 is 6.10 Å². The number of hydrogen-bond donors (Lipinski definition) is 0. The highest BCUT2D eigenvalue weighted by Crippen LogP contribution is 2.12. The zero-order chi connectivity index (χ0) is 50.6. The maximum atomic E-state index is 12.8. The first kappa shape index (κ1) is 65.5. The molecule has 0 aliphatic carbocycles. The topological polar surface area (TPSA) is 61.8 Å². The van der Waals surface area contributed by atoms with Gasteiger partial charge < -0.3 is 14.2 Å². The fraction of sp³-hybridized carbons (Fsp3) is 0.569. The third kappa shape index (κ3) is 56.1. The summed E-state index contributed by atoms with van der Waals surface area (Å²) in [6, 6.07) is 0. The van der Waals surface area contributed by atoms with Crippen molar-refractivity contribution >= 4 is 11.9 Å². The minimum atomic E-state index is -0.591. The lowest BCUT2D eigenvalue weighted by molar-refractivity contribution is -0.163. The van der Waals surface area contributed by atoms with Gasteiger partial charge in [0.1, 0.15) is 6.61 Å². The third-order valence-corrected chi connectivity index (χ3v) is 11.0. The van der Waals surface area contributed by atoms with Crippen LogP contribution in [0.5, 0.6) is 0 Å². The molecule has 1 unspecified atom stereocenters. The monoisotopic (exact) mass is 963 g/mol. The number of allylic oxidation sites excluding steroid dienone is 26. The maximum Gasteiger partial charge on any atom is 0.306 e. The van der Waals surface area contributed by atoms with E-state index in [2.05, 4.69) is 179 Å².